The molecule has 2 rings (SSSR count). The SMILES string of the molecule is CCc1ccc(N(CC(C)C)C(=O)c2cccc(=O)[nH]2)cc1. The fourth-order valence-corrected chi connectivity index (χ4v) is 2.30. The molecule has 4 heteroatoms. The van der Waals surface area contributed by atoms with E-state index < -0.39 is 0 Å². The highest BCUT2D eigenvalue weighted by Gasteiger charge is 2.19. The van der Waals surface area contributed by atoms with Crippen LogP contribution in [-0.4, -0.2) is 17.4 Å². The average molecular weight is 298 g/mol. The van der Waals surface area contributed by atoms with Crippen LogP contribution in [0.5, 0.6) is 0 Å². The number of aromatic amines is 1. The summed E-state index contributed by atoms with van der Waals surface area (Å²) in [4.78, 5) is 28.5. The minimum atomic E-state index is -0.267. The van der Waals surface area contributed by atoms with Crippen LogP contribution in [-0.2, 0) is 6.42 Å². The maximum atomic E-state index is 12.7. The van der Waals surface area contributed by atoms with Crippen molar-refractivity contribution < 1.29 is 4.79 Å². The number of anilines is 1. The van der Waals surface area contributed by atoms with Gasteiger partial charge in [0, 0.05) is 18.3 Å². The van der Waals surface area contributed by atoms with Gasteiger partial charge < -0.3 is 9.88 Å². The van der Waals surface area contributed by atoms with Gasteiger partial charge in [-0.05, 0) is 36.1 Å². The molecule has 1 amide bonds. The maximum Gasteiger partial charge on any atom is 0.274 e. The Morgan fingerprint density at radius 3 is 2.36 bits per heavy atom. The molecule has 4 nitrogen and oxygen atoms in total. The zero-order chi connectivity index (χ0) is 16.1. The Labute approximate surface area is 130 Å². The molecule has 1 N–H and O–H groups in total. The summed E-state index contributed by atoms with van der Waals surface area (Å²) in [5.74, 6) is 0.140. The number of amides is 1. The number of hydrogen-bond donors (Lipinski definition) is 1. The van der Waals surface area contributed by atoms with E-state index in [-0.39, 0.29) is 11.5 Å². The number of aryl methyl sites for hydroxylation is 1. The molecule has 0 bridgehead atoms. The van der Waals surface area contributed by atoms with Crippen LogP contribution in [0, 0.1) is 5.92 Å². The number of pyridine rings is 1. The molecule has 0 fully saturated rings. The van der Waals surface area contributed by atoms with Gasteiger partial charge in [0.05, 0.1) is 0 Å². The smallest absolute Gasteiger partial charge is 0.274 e. The number of H-pyrrole nitrogens is 1. The summed E-state index contributed by atoms with van der Waals surface area (Å²) in [6, 6.07) is 12.6. The van der Waals surface area contributed by atoms with Crippen molar-refractivity contribution in [3.05, 3.63) is 64.1 Å². The molecule has 0 spiro atoms. The largest absolute Gasteiger partial charge is 0.318 e. The number of nitrogens with one attached hydrogen (secondary N) is 1. The second-order valence-corrected chi connectivity index (χ2v) is 5.76. The highest BCUT2D eigenvalue weighted by atomic mass is 16.2. The Morgan fingerprint density at radius 1 is 1.14 bits per heavy atom. The fourth-order valence-electron chi connectivity index (χ4n) is 2.30. The summed E-state index contributed by atoms with van der Waals surface area (Å²) in [6.07, 6.45) is 0.963. The van der Waals surface area contributed by atoms with Crippen LogP contribution in [0.4, 0.5) is 5.69 Å². The molecule has 0 saturated carbocycles. The Kier molecular flexibility index (Phi) is 5.15. The van der Waals surface area contributed by atoms with Crippen LogP contribution < -0.4 is 10.5 Å². The number of benzene rings is 1. The van der Waals surface area contributed by atoms with E-state index in [0.717, 1.165) is 12.1 Å². The zero-order valence-electron chi connectivity index (χ0n) is 13.3. The second kappa shape index (κ2) is 7.07. The van der Waals surface area contributed by atoms with Gasteiger partial charge >= 0.3 is 0 Å². The topological polar surface area (TPSA) is 53.2 Å². The molecule has 22 heavy (non-hydrogen) atoms. The molecule has 0 atom stereocenters. The maximum absolute atomic E-state index is 12.7. The zero-order valence-corrected chi connectivity index (χ0v) is 13.3. The van der Waals surface area contributed by atoms with Crippen molar-refractivity contribution >= 4 is 11.6 Å². The normalized spacial score (nSPS) is 10.7. The van der Waals surface area contributed by atoms with Gasteiger partial charge in [-0.2, -0.15) is 0 Å². The molecule has 0 saturated heterocycles. The first-order valence-corrected chi connectivity index (χ1v) is 7.61. The number of carbonyl (C=O) groups excluding carboxylic acids is 1. The summed E-state index contributed by atoms with van der Waals surface area (Å²) in [5.41, 5.74) is 2.12. The van der Waals surface area contributed by atoms with Gasteiger partial charge in [-0.25, -0.2) is 0 Å². The van der Waals surface area contributed by atoms with E-state index in [2.05, 4.69) is 25.8 Å². The van der Waals surface area contributed by atoms with E-state index in [0.29, 0.717) is 18.2 Å². The van der Waals surface area contributed by atoms with Crippen LogP contribution >= 0.6 is 0 Å². The molecule has 0 aliphatic rings. The molecule has 0 unspecified atom stereocenters. The first-order chi connectivity index (χ1) is 10.5. The standard InChI is InChI=1S/C18H22N2O2/c1-4-14-8-10-15(11-9-14)20(12-13(2)3)18(22)16-6-5-7-17(21)19-16/h5-11,13H,4,12H2,1-3H3,(H,19,21). The van der Waals surface area contributed by atoms with Crippen molar-refractivity contribution in [3.8, 4) is 0 Å². The summed E-state index contributed by atoms with van der Waals surface area (Å²) in [6.45, 7) is 6.82. The van der Waals surface area contributed by atoms with Crippen molar-refractivity contribution in [2.45, 2.75) is 27.2 Å². The number of rotatable bonds is 5. The van der Waals surface area contributed by atoms with Crippen LogP contribution in [0.1, 0.15) is 36.8 Å². The highest BCUT2D eigenvalue weighted by molar-refractivity contribution is 6.04. The van der Waals surface area contributed by atoms with E-state index in [1.165, 1.54) is 11.6 Å². The summed E-state index contributed by atoms with van der Waals surface area (Å²) >= 11 is 0. The molecule has 0 radical (unpaired) electrons. The Morgan fingerprint density at radius 2 is 1.82 bits per heavy atom. The molecule has 2 aromatic rings. The van der Waals surface area contributed by atoms with Crippen LogP contribution in [0.2, 0.25) is 0 Å². The monoisotopic (exact) mass is 298 g/mol. The number of hydrogen-bond acceptors (Lipinski definition) is 2. The van der Waals surface area contributed by atoms with Crippen molar-refractivity contribution in [1.82, 2.24) is 4.98 Å². The predicted molar refractivity (Wildman–Crippen MR) is 89.4 cm³/mol. The van der Waals surface area contributed by atoms with Gasteiger partial charge in [0.1, 0.15) is 5.69 Å². The molecule has 0 aliphatic heterocycles. The third-order valence-corrected chi connectivity index (χ3v) is 3.45. The second-order valence-electron chi connectivity index (χ2n) is 5.76. The van der Waals surface area contributed by atoms with Gasteiger partial charge in [-0.3, -0.25) is 9.59 Å². The molecule has 1 aromatic carbocycles. The van der Waals surface area contributed by atoms with Crippen LogP contribution in [0.3, 0.4) is 0 Å². The fraction of sp³-hybridized carbons (Fsp3) is 0.333. The van der Waals surface area contributed by atoms with E-state index in [9.17, 15) is 9.59 Å². The van der Waals surface area contributed by atoms with Crippen molar-refractivity contribution in [3.63, 3.8) is 0 Å². The minimum absolute atomic E-state index is 0.185. The third kappa shape index (κ3) is 3.85. The first-order valence-electron chi connectivity index (χ1n) is 7.61. The van der Waals surface area contributed by atoms with Crippen LogP contribution in [0.15, 0.2) is 47.3 Å². The Hall–Kier alpha value is -2.36. The lowest BCUT2D eigenvalue weighted by Crippen LogP contribution is -2.35. The van der Waals surface area contributed by atoms with Gasteiger partial charge in [-0.15, -0.1) is 0 Å². The predicted octanol–water partition coefficient (Wildman–Crippen LogP) is 3.24. The van der Waals surface area contributed by atoms with Crippen molar-refractivity contribution in [1.29, 1.82) is 0 Å². The number of nitrogens with zero attached hydrogens (tertiary/aromatic N) is 1. The highest BCUT2D eigenvalue weighted by Crippen LogP contribution is 2.19. The van der Waals surface area contributed by atoms with Crippen LogP contribution in [0.25, 0.3) is 0 Å². The summed E-state index contributed by atoms with van der Waals surface area (Å²) in [5, 5.41) is 0. The van der Waals surface area contributed by atoms with E-state index in [1.54, 1.807) is 17.0 Å². The number of aromatic nitrogens is 1. The van der Waals surface area contributed by atoms with Gasteiger partial charge in [0.25, 0.3) is 5.91 Å². The van der Waals surface area contributed by atoms with E-state index in [4.69, 9.17) is 0 Å². The lowest BCUT2D eigenvalue weighted by Gasteiger charge is -2.25. The minimum Gasteiger partial charge on any atom is -0.318 e. The van der Waals surface area contributed by atoms with Gasteiger partial charge in [0.15, 0.2) is 0 Å². The molecule has 1 aromatic heterocycles. The Balaban J connectivity index is 2.36. The summed E-state index contributed by atoms with van der Waals surface area (Å²) in [7, 11) is 0. The number of carbonyl (C=O) groups is 1. The third-order valence-electron chi connectivity index (χ3n) is 3.45. The first kappa shape index (κ1) is 16.0. The van der Waals surface area contributed by atoms with E-state index >= 15 is 0 Å². The quantitative estimate of drug-likeness (QED) is 0.921. The lowest BCUT2D eigenvalue weighted by atomic mass is 10.1. The molecular weight excluding hydrogens is 276 g/mol. The molecular formula is C18H22N2O2. The van der Waals surface area contributed by atoms with Gasteiger partial charge in [0.2, 0.25) is 5.56 Å². The molecule has 1 heterocycles. The molecule has 0 aliphatic carbocycles. The van der Waals surface area contributed by atoms with Crippen molar-refractivity contribution in [2.24, 2.45) is 5.92 Å². The summed E-state index contributed by atoms with van der Waals surface area (Å²) < 4.78 is 0. The van der Waals surface area contributed by atoms with Crippen molar-refractivity contribution in [2.75, 3.05) is 11.4 Å². The lowest BCUT2D eigenvalue weighted by molar-refractivity contribution is 0.0979. The van der Waals surface area contributed by atoms with Gasteiger partial charge in [-0.1, -0.05) is 39.0 Å². The van der Waals surface area contributed by atoms with E-state index in [1.807, 2.05) is 24.3 Å². The average Bonchev–Trinajstić information content (AvgIpc) is 2.52. The molecule has 116 valence electrons. The Bertz CT molecular complexity index is 687.